The Morgan fingerprint density at radius 1 is 1.34 bits per heavy atom. The molecule has 0 unspecified atom stereocenters. The molecule has 0 spiro atoms. The van der Waals surface area contributed by atoms with E-state index in [4.69, 9.17) is 9.26 Å². The van der Waals surface area contributed by atoms with Crippen LogP contribution in [-0.4, -0.2) is 66.0 Å². The fourth-order valence-corrected chi connectivity index (χ4v) is 3.72. The van der Waals surface area contributed by atoms with Crippen molar-refractivity contribution in [3.8, 4) is 5.75 Å². The van der Waals surface area contributed by atoms with Crippen LogP contribution >= 0.6 is 0 Å². The zero-order chi connectivity index (χ0) is 23.4. The number of hydrogen-bond acceptors (Lipinski definition) is 7. The Morgan fingerprint density at radius 3 is 2.72 bits per heavy atom. The highest BCUT2D eigenvalue weighted by atomic mass is 16.5. The van der Waals surface area contributed by atoms with Crippen LogP contribution in [0.3, 0.4) is 0 Å². The number of benzene rings is 1. The highest BCUT2D eigenvalue weighted by Crippen LogP contribution is 2.35. The number of aliphatic hydroxyl groups is 1. The van der Waals surface area contributed by atoms with E-state index in [9.17, 15) is 14.7 Å². The summed E-state index contributed by atoms with van der Waals surface area (Å²) in [4.78, 5) is 27.7. The van der Waals surface area contributed by atoms with Gasteiger partial charge in [0.05, 0.1) is 23.9 Å². The lowest BCUT2D eigenvalue weighted by Crippen LogP contribution is -2.49. The summed E-state index contributed by atoms with van der Waals surface area (Å²) < 4.78 is 11.4. The number of ether oxygens (including phenoxy) is 1. The molecule has 3 rings (SSSR count). The highest BCUT2D eigenvalue weighted by molar-refractivity contribution is 6.04. The molecule has 2 aromatic rings. The number of fused-ring (bicyclic) bond motifs is 1. The van der Waals surface area contributed by atoms with Crippen molar-refractivity contribution < 1.29 is 24.0 Å². The second-order valence-corrected chi connectivity index (χ2v) is 8.14. The van der Waals surface area contributed by atoms with Gasteiger partial charge in [-0.25, -0.2) is 4.79 Å². The molecular formula is C22H31N5O5. The predicted molar refractivity (Wildman–Crippen MR) is 120 cm³/mol. The van der Waals surface area contributed by atoms with Gasteiger partial charge in [-0.3, -0.25) is 4.79 Å². The number of urea groups is 1. The summed E-state index contributed by atoms with van der Waals surface area (Å²) in [5, 5.41) is 22.2. The van der Waals surface area contributed by atoms with Gasteiger partial charge < -0.3 is 35.2 Å². The second kappa shape index (κ2) is 10.0. The number of aryl methyl sites for hydroxylation is 2. The topological polar surface area (TPSA) is 129 Å². The molecule has 3 amide bonds. The van der Waals surface area contributed by atoms with Crippen molar-refractivity contribution in [1.29, 1.82) is 0 Å². The summed E-state index contributed by atoms with van der Waals surface area (Å²) in [6.45, 7) is 8.08. The zero-order valence-electron chi connectivity index (χ0n) is 19.1. The largest absolute Gasteiger partial charge is 0.486 e. The number of amides is 3. The average Bonchev–Trinajstić information content (AvgIpc) is 3.08. The number of carbonyl (C=O) groups excluding carboxylic acids is 2. The molecular weight excluding hydrogens is 414 g/mol. The standard InChI is InChI=1S/C22H31N5O5/c1-12-10-27(13(2)11-28)21(29)16-7-6-8-17(20(16)31-18(12)9-23-5)24-22(30)25-19-14(3)26-32-15(19)4/h6-8,12-13,18,23,28H,9-11H2,1-5H3,(H2,24,25,30)/t12-,13-,18+/m0/s1. The van der Waals surface area contributed by atoms with Gasteiger partial charge in [-0.05, 0) is 40.0 Å². The van der Waals surface area contributed by atoms with Gasteiger partial charge in [0.2, 0.25) is 0 Å². The molecule has 1 aliphatic rings. The number of para-hydroxylation sites is 1. The van der Waals surface area contributed by atoms with Gasteiger partial charge in [-0.2, -0.15) is 0 Å². The number of hydrogen-bond donors (Lipinski definition) is 4. The van der Waals surface area contributed by atoms with Gasteiger partial charge >= 0.3 is 6.03 Å². The van der Waals surface area contributed by atoms with Crippen LogP contribution in [0.5, 0.6) is 5.75 Å². The third kappa shape index (κ3) is 4.86. The van der Waals surface area contributed by atoms with Gasteiger partial charge in [0.25, 0.3) is 5.91 Å². The SMILES string of the molecule is CNC[C@H]1Oc2c(NC(=O)Nc3c(C)noc3C)cccc2C(=O)N([C@@H](C)CO)C[C@@H]1C. The van der Waals surface area contributed by atoms with E-state index in [-0.39, 0.29) is 30.6 Å². The minimum Gasteiger partial charge on any atom is -0.486 e. The molecule has 0 radical (unpaired) electrons. The molecule has 0 aliphatic carbocycles. The Hall–Kier alpha value is -3.11. The first-order valence-corrected chi connectivity index (χ1v) is 10.6. The monoisotopic (exact) mass is 445 g/mol. The van der Waals surface area contributed by atoms with Gasteiger partial charge in [0.15, 0.2) is 11.5 Å². The van der Waals surface area contributed by atoms with Crippen LogP contribution in [0.4, 0.5) is 16.2 Å². The third-order valence-electron chi connectivity index (χ3n) is 5.62. The number of likely N-dealkylation sites (N-methyl/N-ethyl adjacent to an activating group) is 1. The van der Waals surface area contributed by atoms with E-state index in [1.807, 2.05) is 14.0 Å². The summed E-state index contributed by atoms with van der Waals surface area (Å²) in [6.07, 6.45) is -0.256. The van der Waals surface area contributed by atoms with E-state index in [0.717, 1.165) is 0 Å². The quantitative estimate of drug-likeness (QED) is 0.537. The minimum atomic E-state index is -0.510. The van der Waals surface area contributed by atoms with Crippen LogP contribution < -0.4 is 20.7 Å². The number of rotatable bonds is 6. The molecule has 2 heterocycles. The normalized spacial score (nSPS) is 19.4. The number of nitrogens with one attached hydrogen (secondary N) is 3. The molecule has 10 nitrogen and oxygen atoms in total. The number of carbonyl (C=O) groups is 2. The first-order valence-electron chi connectivity index (χ1n) is 10.6. The summed E-state index contributed by atoms with van der Waals surface area (Å²) in [5.41, 5.74) is 1.74. The van der Waals surface area contributed by atoms with Crippen molar-refractivity contribution >= 4 is 23.3 Å². The molecule has 0 saturated heterocycles. The van der Waals surface area contributed by atoms with Crippen LogP contribution in [0, 0.1) is 19.8 Å². The molecule has 0 bridgehead atoms. The molecule has 4 N–H and O–H groups in total. The van der Waals surface area contributed by atoms with E-state index in [0.29, 0.717) is 47.2 Å². The number of aliphatic hydroxyl groups excluding tert-OH is 1. The number of anilines is 2. The minimum absolute atomic E-state index is 0.0160. The second-order valence-electron chi connectivity index (χ2n) is 8.14. The summed E-state index contributed by atoms with van der Waals surface area (Å²) in [6, 6.07) is 4.17. The summed E-state index contributed by atoms with van der Waals surface area (Å²) >= 11 is 0. The molecule has 174 valence electrons. The molecule has 1 aromatic carbocycles. The lowest BCUT2D eigenvalue weighted by Gasteiger charge is -2.37. The fourth-order valence-electron chi connectivity index (χ4n) is 3.72. The molecule has 3 atom stereocenters. The molecule has 0 saturated carbocycles. The Kier molecular flexibility index (Phi) is 7.37. The van der Waals surface area contributed by atoms with Gasteiger partial charge in [0.1, 0.15) is 17.5 Å². The van der Waals surface area contributed by atoms with Gasteiger partial charge in [-0.15, -0.1) is 0 Å². The average molecular weight is 446 g/mol. The zero-order valence-corrected chi connectivity index (χ0v) is 19.1. The Balaban J connectivity index is 1.97. The fraction of sp³-hybridized carbons (Fsp3) is 0.500. The smallest absolute Gasteiger partial charge is 0.323 e. The van der Waals surface area contributed by atoms with Crippen molar-refractivity contribution in [2.75, 3.05) is 37.4 Å². The van der Waals surface area contributed by atoms with Crippen LogP contribution in [0.25, 0.3) is 0 Å². The van der Waals surface area contributed by atoms with E-state index < -0.39 is 6.03 Å². The summed E-state index contributed by atoms with van der Waals surface area (Å²) in [5.74, 6) is 0.515. The Bertz CT molecular complexity index is 956. The molecule has 10 heteroatoms. The maximum Gasteiger partial charge on any atom is 0.323 e. The van der Waals surface area contributed by atoms with Crippen molar-refractivity contribution in [3.63, 3.8) is 0 Å². The number of aromatic nitrogens is 1. The first kappa shape index (κ1) is 23.6. The van der Waals surface area contributed by atoms with E-state index >= 15 is 0 Å². The van der Waals surface area contributed by atoms with Crippen molar-refractivity contribution in [3.05, 3.63) is 35.2 Å². The van der Waals surface area contributed by atoms with Crippen LogP contribution in [-0.2, 0) is 0 Å². The molecule has 0 fully saturated rings. The maximum atomic E-state index is 13.4. The molecule has 1 aromatic heterocycles. The maximum absolute atomic E-state index is 13.4. The number of nitrogens with zero attached hydrogens (tertiary/aromatic N) is 2. The van der Waals surface area contributed by atoms with Crippen molar-refractivity contribution in [2.24, 2.45) is 5.92 Å². The summed E-state index contributed by atoms with van der Waals surface area (Å²) in [7, 11) is 1.83. The van der Waals surface area contributed by atoms with Crippen molar-refractivity contribution in [1.82, 2.24) is 15.4 Å². The van der Waals surface area contributed by atoms with Crippen molar-refractivity contribution in [2.45, 2.75) is 39.8 Å². The lowest BCUT2D eigenvalue weighted by molar-refractivity contribution is 0.0417. The van der Waals surface area contributed by atoms with Crippen LogP contribution in [0.2, 0.25) is 0 Å². The Labute approximate surface area is 187 Å². The van der Waals surface area contributed by atoms with Gasteiger partial charge in [0, 0.05) is 19.0 Å². The molecule has 1 aliphatic heterocycles. The predicted octanol–water partition coefficient (Wildman–Crippen LogP) is 2.37. The highest BCUT2D eigenvalue weighted by Gasteiger charge is 2.34. The lowest BCUT2D eigenvalue weighted by atomic mass is 9.99. The van der Waals surface area contributed by atoms with E-state index in [1.165, 1.54) is 0 Å². The van der Waals surface area contributed by atoms with E-state index in [2.05, 4.69) is 21.1 Å². The van der Waals surface area contributed by atoms with Crippen LogP contribution in [0.1, 0.15) is 35.7 Å². The van der Waals surface area contributed by atoms with E-state index in [1.54, 1.807) is 43.9 Å². The third-order valence-corrected chi connectivity index (χ3v) is 5.62. The van der Waals surface area contributed by atoms with Gasteiger partial charge in [-0.1, -0.05) is 18.1 Å². The first-order chi connectivity index (χ1) is 15.3. The molecule has 32 heavy (non-hydrogen) atoms. The Morgan fingerprint density at radius 2 is 2.09 bits per heavy atom. The van der Waals surface area contributed by atoms with Crippen LogP contribution in [0.15, 0.2) is 22.7 Å².